The Kier molecular flexibility index (Phi) is 5.46. The molecule has 27 heavy (non-hydrogen) atoms. The third-order valence-corrected chi connectivity index (χ3v) is 5.29. The van der Waals surface area contributed by atoms with Crippen molar-refractivity contribution in [3.05, 3.63) is 69.8 Å². The van der Waals surface area contributed by atoms with Crippen molar-refractivity contribution in [1.82, 2.24) is 10.2 Å². The summed E-state index contributed by atoms with van der Waals surface area (Å²) in [6, 6.07) is 13.9. The molecule has 4 rings (SSSR count). The molecule has 0 unspecified atom stereocenters. The third kappa shape index (κ3) is 4.52. The minimum absolute atomic E-state index is 0.109. The molecule has 2 aromatic carbocycles. The molecule has 0 saturated carbocycles. The van der Waals surface area contributed by atoms with Crippen LogP contribution >= 0.6 is 11.6 Å². The Morgan fingerprint density at radius 1 is 1.07 bits per heavy atom. The predicted octanol–water partition coefficient (Wildman–Crippen LogP) is 4.03. The van der Waals surface area contributed by atoms with Crippen LogP contribution in [-0.4, -0.2) is 30.5 Å². The van der Waals surface area contributed by atoms with Gasteiger partial charge >= 0.3 is 0 Å². The number of amides is 1. The van der Waals surface area contributed by atoms with Crippen molar-refractivity contribution in [3.8, 4) is 5.75 Å². The topological polar surface area (TPSA) is 41.6 Å². The summed E-state index contributed by atoms with van der Waals surface area (Å²) in [6.45, 7) is 4.18. The number of likely N-dealkylation sites (tertiary alicyclic amines) is 1. The van der Waals surface area contributed by atoms with Gasteiger partial charge in [0.1, 0.15) is 12.4 Å². The Labute approximate surface area is 164 Å². The van der Waals surface area contributed by atoms with Gasteiger partial charge in [-0.3, -0.25) is 9.69 Å². The van der Waals surface area contributed by atoms with Gasteiger partial charge in [0.05, 0.1) is 5.57 Å². The summed E-state index contributed by atoms with van der Waals surface area (Å²) in [4.78, 5) is 14.9. The summed E-state index contributed by atoms with van der Waals surface area (Å²) >= 11 is 6.02. The number of ether oxygens (including phenoxy) is 1. The molecular formula is C22H23ClN2O2. The summed E-state index contributed by atoms with van der Waals surface area (Å²) in [5.74, 6) is 0.645. The molecule has 0 radical (unpaired) electrons. The fourth-order valence-corrected chi connectivity index (χ4v) is 3.72. The molecule has 4 nitrogen and oxygen atoms in total. The Balaban J connectivity index is 1.34. The van der Waals surface area contributed by atoms with Crippen molar-refractivity contribution in [1.29, 1.82) is 0 Å². The summed E-state index contributed by atoms with van der Waals surface area (Å²) in [7, 11) is 0. The zero-order valence-corrected chi connectivity index (χ0v) is 16.0. The van der Waals surface area contributed by atoms with Gasteiger partial charge in [0.15, 0.2) is 0 Å². The van der Waals surface area contributed by atoms with Crippen molar-refractivity contribution in [2.24, 2.45) is 0 Å². The number of nitrogens with zero attached hydrogens (tertiary/aromatic N) is 1. The molecule has 2 heterocycles. The van der Waals surface area contributed by atoms with Crippen LogP contribution in [0.2, 0.25) is 5.02 Å². The third-order valence-electron chi connectivity index (χ3n) is 5.06. The number of carbonyl (C=O) groups excluding carboxylic acids is 1. The van der Waals surface area contributed by atoms with Gasteiger partial charge in [-0.25, -0.2) is 0 Å². The molecule has 0 aromatic heterocycles. The molecule has 1 saturated heterocycles. The van der Waals surface area contributed by atoms with Gasteiger partial charge in [0.2, 0.25) is 0 Å². The molecule has 1 fully saturated rings. The van der Waals surface area contributed by atoms with E-state index in [1.807, 2.05) is 18.2 Å². The maximum Gasteiger partial charge on any atom is 0.250 e. The Bertz CT molecular complexity index is 855. The molecule has 0 atom stereocenters. The molecule has 2 aliphatic heterocycles. The molecule has 5 heteroatoms. The molecule has 0 spiro atoms. The fraction of sp³-hybridized carbons (Fsp3) is 0.318. The average molecular weight is 383 g/mol. The number of benzene rings is 2. The van der Waals surface area contributed by atoms with E-state index in [0.717, 1.165) is 23.4 Å². The number of halogens is 1. The smallest absolute Gasteiger partial charge is 0.250 e. The Hall–Kier alpha value is -2.30. The largest absolute Gasteiger partial charge is 0.488 e. The molecule has 1 amide bonds. The number of hydrogen-bond donors (Lipinski definition) is 1. The number of carbonyl (C=O) groups is 1. The van der Waals surface area contributed by atoms with E-state index in [2.05, 4.69) is 34.5 Å². The van der Waals surface area contributed by atoms with Crippen LogP contribution in [-0.2, 0) is 17.9 Å². The van der Waals surface area contributed by atoms with E-state index in [0.29, 0.717) is 17.1 Å². The standard InChI is InChI=1S/C22H23ClN2O2/c23-20-7-8-21-18(12-20)11-19(15-27-21)22(26)24-13-16-3-5-17(6-4-16)14-25-9-1-2-10-25/h3-8,11-12H,1-2,9-10,13-15H2,(H,24,26). The second-order valence-electron chi connectivity index (χ2n) is 7.12. The van der Waals surface area contributed by atoms with Crippen molar-refractivity contribution in [2.75, 3.05) is 19.7 Å². The highest BCUT2D eigenvalue weighted by Crippen LogP contribution is 2.29. The van der Waals surface area contributed by atoms with Gasteiger partial charge in [-0.15, -0.1) is 0 Å². The lowest BCUT2D eigenvalue weighted by atomic mass is 10.1. The maximum absolute atomic E-state index is 12.5. The van der Waals surface area contributed by atoms with Crippen LogP contribution in [0.5, 0.6) is 5.75 Å². The molecular weight excluding hydrogens is 360 g/mol. The Morgan fingerprint density at radius 3 is 2.59 bits per heavy atom. The van der Waals surface area contributed by atoms with Gasteiger partial charge in [0.25, 0.3) is 5.91 Å². The van der Waals surface area contributed by atoms with E-state index in [1.54, 1.807) is 6.07 Å². The second-order valence-corrected chi connectivity index (χ2v) is 7.56. The van der Waals surface area contributed by atoms with Crippen molar-refractivity contribution in [2.45, 2.75) is 25.9 Å². The number of fused-ring (bicyclic) bond motifs is 1. The van der Waals surface area contributed by atoms with Crippen molar-refractivity contribution >= 4 is 23.6 Å². The lowest BCUT2D eigenvalue weighted by molar-refractivity contribution is -0.117. The number of rotatable bonds is 5. The molecule has 140 valence electrons. The van der Waals surface area contributed by atoms with E-state index in [-0.39, 0.29) is 12.5 Å². The summed E-state index contributed by atoms with van der Waals surface area (Å²) in [6.07, 6.45) is 4.46. The predicted molar refractivity (Wildman–Crippen MR) is 108 cm³/mol. The fourth-order valence-electron chi connectivity index (χ4n) is 3.54. The SMILES string of the molecule is O=C(NCc1ccc(CN2CCCC2)cc1)C1=Cc2cc(Cl)ccc2OC1. The highest BCUT2D eigenvalue weighted by Gasteiger charge is 2.17. The minimum Gasteiger partial charge on any atom is -0.488 e. The molecule has 2 aliphatic rings. The van der Waals surface area contributed by atoms with Crippen LogP contribution in [0.3, 0.4) is 0 Å². The Morgan fingerprint density at radius 2 is 1.81 bits per heavy atom. The zero-order chi connectivity index (χ0) is 18.6. The zero-order valence-electron chi connectivity index (χ0n) is 15.2. The van der Waals surface area contributed by atoms with E-state index in [9.17, 15) is 4.79 Å². The van der Waals surface area contributed by atoms with Crippen LogP contribution in [0, 0.1) is 0 Å². The molecule has 0 bridgehead atoms. The van der Waals surface area contributed by atoms with E-state index in [1.165, 1.54) is 31.5 Å². The van der Waals surface area contributed by atoms with Crippen molar-refractivity contribution < 1.29 is 9.53 Å². The van der Waals surface area contributed by atoms with Gasteiger partial charge in [-0.1, -0.05) is 35.9 Å². The molecule has 1 N–H and O–H groups in total. The summed E-state index contributed by atoms with van der Waals surface area (Å²) in [5, 5.41) is 3.61. The average Bonchev–Trinajstić information content (AvgIpc) is 3.19. The highest BCUT2D eigenvalue weighted by atomic mass is 35.5. The lowest BCUT2D eigenvalue weighted by Crippen LogP contribution is -2.28. The van der Waals surface area contributed by atoms with E-state index in [4.69, 9.17) is 16.3 Å². The quantitative estimate of drug-likeness (QED) is 0.848. The number of hydrogen-bond acceptors (Lipinski definition) is 3. The first-order chi connectivity index (χ1) is 13.2. The summed E-state index contributed by atoms with van der Waals surface area (Å²) < 4.78 is 5.65. The number of nitrogens with one attached hydrogen (secondary N) is 1. The van der Waals surface area contributed by atoms with Gasteiger partial charge in [-0.05, 0) is 61.3 Å². The monoisotopic (exact) mass is 382 g/mol. The second kappa shape index (κ2) is 8.15. The first-order valence-electron chi connectivity index (χ1n) is 9.39. The summed E-state index contributed by atoms with van der Waals surface area (Å²) in [5.41, 5.74) is 3.86. The van der Waals surface area contributed by atoms with Crippen molar-refractivity contribution in [3.63, 3.8) is 0 Å². The van der Waals surface area contributed by atoms with Crippen LogP contribution in [0.1, 0.15) is 29.5 Å². The van der Waals surface area contributed by atoms with E-state index < -0.39 is 0 Å². The van der Waals surface area contributed by atoms with Crippen LogP contribution in [0.25, 0.3) is 6.08 Å². The van der Waals surface area contributed by atoms with Gasteiger partial charge in [-0.2, -0.15) is 0 Å². The molecule has 0 aliphatic carbocycles. The van der Waals surface area contributed by atoms with Crippen LogP contribution < -0.4 is 10.1 Å². The lowest BCUT2D eigenvalue weighted by Gasteiger charge is -2.18. The van der Waals surface area contributed by atoms with Gasteiger partial charge < -0.3 is 10.1 Å². The van der Waals surface area contributed by atoms with E-state index >= 15 is 0 Å². The first kappa shape index (κ1) is 18.1. The van der Waals surface area contributed by atoms with Crippen LogP contribution in [0.15, 0.2) is 48.0 Å². The highest BCUT2D eigenvalue weighted by molar-refractivity contribution is 6.30. The maximum atomic E-state index is 12.5. The van der Waals surface area contributed by atoms with Crippen LogP contribution in [0.4, 0.5) is 0 Å². The first-order valence-corrected chi connectivity index (χ1v) is 9.76. The van der Waals surface area contributed by atoms with Gasteiger partial charge in [0, 0.05) is 23.7 Å². The molecule has 2 aromatic rings. The normalized spacial score (nSPS) is 16.4. The minimum atomic E-state index is -0.109.